The van der Waals surface area contributed by atoms with Gasteiger partial charge in [0, 0.05) is 23.7 Å². The van der Waals surface area contributed by atoms with Gasteiger partial charge in [0.05, 0.1) is 12.0 Å². The van der Waals surface area contributed by atoms with Gasteiger partial charge in [-0.2, -0.15) is 0 Å². The summed E-state index contributed by atoms with van der Waals surface area (Å²) in [6, 6.07) is 4.20. The third-order valence-corrected chi connectivity index (χ3v) is 2.98. The van der Waals surface area contributed by atoms with Crippen molar-refractivity contribution in [1.82, 2.24) is 15.3 Å². The Labute approximate surface area is 87.2 Å². The first kappa shape index (κ1) is 9.43. The van der Waals surface area contributed by atoms with E-state index in [0.717, 1.165) is 24.5 Å². The molecule has 0 aliphatic rings. The number of nitrogens with one attached hydrogen (secondary N) is 2. The van der Waals surface area contributed by atoms with E-state index in [-0.39, 0.29) is 0 Å². The lowest BCUT2D eigenvalue weighted by Gasteiger charge is -2.00. The minimum absolute atomic E-state index is 0.827. The van der Waals surface area contributed by atoms with E-state index in [1.807, 2.05) is 6.92 Å². The van der Waals surface area contributed by atoms with Crippen LogP contribution in [-0.2, 0) is 13.1 Å². The van der Waals surface area contributed by atoms with Crippen molar-refractivity contribution in [3.8, 4) is 0 Å². The molecule has 0 aliphatic heterocycles. The molecule has 2 aromatic rings. The third-order valence-electron chi connectivity index (χ3n) is 2.11. The maximum atomic E-state index is 4.22. The quantitative estimate of drug-likeness (QED) is 0.805. The molecule has 0 saturated heterocycles. The Morgan fingerprint density at radius 1 is 1.50 bits per heavy atom. The topological polar surface area (TPSA) is 40.7 Å². The number of hydrogen-bond donors (Lipinski definition) is 2. The maximum Gasteiger partial charge on any atom is 0.0925 e. The normalized spacial score (nSPS) is 10.6. The van der Waals surface area contributed by atoms with Gasteiger partial charge in [-0.15, -0.1) is 11.3 Å². The molecular formula is C10H13N3S. The van der Waals surface area contributed by atoms with Crippen LogP contribution >= 0.6 is 11.3 Å². The van der Waals surface area contributed by atoms with Crippen LogP contribution < -0.4 is 5.32 Å². The molecule has 0 saturated carbocycles. The Bertz CT molecular complexity index is 378. The van der Waals surface area contributed by atoms with Crippen molar-refractivity contribution < 1.29 is 0 Å². The van der Waals surface area contributed by atoms with Crippen molar-refractivity contribution in [3.63, 3.8) is 0 Å². The van der Waals surface area contributed by atoms with Crippen LogP contribution in [-0.4, -0.2) is 9.97 Å². The highest BCUT2D eigenvalue weighted by Gasteiger charge is 1.99. The van der Waals surface area contributed by atoms with Crippen molar-refractivity contribution in [2.45, 2.75) is 20.0 Å². The molecule has 0 aromatic carbocycles. The smallest absolute Gasteiger partial charge is 0.0925 e. The largest absolute Gasteiger partial charge is 0.348 e. The summed E-state index contributed by atoms with van der Waals surface area (Å²) in [5.74, 6) is 0. The molecule has 0 amide bonds. The highest BCUT2D eigenvalue weighted by atomic mass is 32.1. The first-order valence-corrected chi connectivity index (χ1v) is 5.46. The molecule has 14 heavy (non-hydrogen) atoms. The van der Waals surface area contributed by atoms with Gasteiger partial charge in [-0.3, -0.25) is 0 Å². The minimum atomic E-state index is 0.827. The van der Waals surface area contributed by atoms with Gasteiger partial charge in [-0.1, -0.05) is 6.07 Å². The van der Waals surface area contributed by atoms with E-state index in [4.69, 9.17) is 0 Å². The lowest BCUT2D eigenvalue weighted by atomic mass is 10.3. The summed E-state index contributed by atoms with van der Waals surface area (Å²) in [6.45, 7) is 3.78. The Morgan fingerprint density at radius 2 is 2.43 bits per heavy atom. The van der Waals surface area contributed by atoms with Crippen molar-refractivity contribution in [2.24, 2.45) is 0 Å². The molecule has 2 N–H and O–H groups in total. The number of imidazole rings is 1. The van der Waals surface area contributed by atoms with E-state index in [0.29, 0.717) is 0 Å². The second-order valence-electron chi connectivity index (χ2n) is 3.16. The van der Waals surface area contributed by atoms with Crippen LogP contribution in [0.25, 0.3) is 0 Å². The minimum Gasteiger partial charge on any atom is -0.348 e. The fourth-order valence-corrected chi connectivity index (χ4v) is 1.96. The van der Waals surface area contributed by atoms with Gasteiger partial charge in [0.1, 0.15) is 0 Å². The number of H-pyrrole nitrogens is 1. The lowest BCUT2D eigenvalue weighted by Crippen LogP contribution is -2.12. The lowest BCUT2D eigenvalue weighted by molar-refractivity contribution is 0.686. The van der Waals surface area contributed by atoms with Crippen molar-refractivity contribution in [3.05, 3.63) is 40.1 Å². The Balaban J connectivity index is 1.81. The first-order chi connectivity index (χ1) is 6.86. The molecule has 0 unspecified atom stereocenters. The molecule has 0 atom stereocenters. The zero-order valence-electron chi connectivity index (χ0n) is 8.08. The average molecular weight is 207 g/mol. The zero-order valence-corrected chi connectivity index (χ0v) is 8.90. The summed E-state index contributed by atoms with van der Waals surface area (Å²) in [4.78, 5) is 8.64. The molecule has 2 aromatic heterocycles. The summed E-state index contributed by atoms with van der Waals surface area (Å²) in [5, 5.41) is 5.45. The van der Waals surface area contributed by atoms with E-state index in [9.17, 15) is 0 Å². The molecule has 74 valence electrons. The molecule has 3 nitrogen and oxygen atoms in total. The summed E-state index contributed by atoms with van der Waals surface area (Å²) in [7, 11) is 0. The third kappa shape index (κ3) is 2.21. The number of aromatic nitrogens is 2. The second-order valence-corrected chi connectivity index (χ2v) is 4.19. The zero-order chi connectivity index (χ0) is 9.80. The summed E-state index contributed by atoms with van der Waals surface area (Å²) in [6.07, 6.45) is 1.73. The number of thiophene rings is 1. The van der Waals surface area contributed by atoms with Crippen molar-refractivity contribution in [2.75, 3.05) is 0 Å². The maximum absolute atomic E-state index is 4.22. The fourth-order valence-electron chi connectivity index (χ4n) is 1.28. The number of nitrogens with zero attached hydrogens (tertiary/aromatic N) is 1. The molecule has 2 heterocycles. The second kappa shape index (κ2) is 4.39. The van der Waals surface area contributed by atoms with E-state index in [2.05, 4.69) is 32.8 Å². The highest BCUT2D eigenvalue weighted by molar-refractivity contribution is 7.09. The Kier molecular flexibility index (Phi) is 2.96. The highest BCUT2D eigenvalue weighted by Crippen LogP contribution is 2.08. The van der Waals surface area contributed by atoms with Crippen LogP contribution in [0.15, 0.2) is 23.8 Å². The van der Waals surface area contributed by atoms with Crippen molar-refractivity contribution >= 4 is 11.3 Å². The van der Waals surface area contributed by atoms with Crippen LogP contribution in [0.1, 0.15) is 16.3 Å². The van der Waals surface area contributed by atoms with Crippen LogP contribution in [0, 0.1) is 6.92 Å². The molecule has 0 aliphatic carbocycles. The molecule has 0 spiro atoms. The Morgan fingerprint density at radius 3 is 3.07 bits per heavy atom. The van der Waals surface area contributed by atoms with Gasteiger partial charge in [-0.25, -0.2) is 4.98 Å². The molecule has 0 bridgehead atoms. The number of rotatable bonds is 4. The summed E-state index contributed by atoms with van der Waals surface area (Å²) < 4.78 is 0. The first-order valence-electron chi connectivity index (χ1n) is 4.58. The molecule has 2 rings (SSSR count). The van der Waals surface area contributed by atoms with E-state index in [1.54, 1.807) is 17.7 Å². The van der Waals surface area contributed by atoms with Crippen LogP contribution in [0.5, 0.6) is 0 Å². The average Bonchev–Trinajstić information content (AvgIpc) is 2.78. The van der Waals surface area contributed by atoms with Gasteiger partial charge in [-0.05, 0) is 18.4 Å². The number of hydrogen-bond acceptors (Lipinski definition) is 3. The molecular weight excluding hydrogens is 194 g/mol. The monoisotopic (exact) mass is 207 g/mol. The SMILES string of the molecule is Cc1[nH]cnc1CNCc1cccs1. The van der Waals surface area contributed by atoms with Gasteiger partial charge >= 0.3 is 0 Å². The van der Waals surface area contributed by atoms with Crippen LogP contribution in [0.2, 0.25) is 0 Å². The van der Waals surface area contributed by atoms with Gasteiger partial charge < -0.3 is 10.3 Å². The van der Waals surface area contributed by atoms with Gasteiger partial charge in [0.2, 0.25) is 0 Å². The summed E-state index contributed by atoms with van der Waals surface area (Å²) >= 11 is 1.77. The van der Waals surface area contributed by atoms with Crippen LogP contribution in [0.3, 0.4) is 0 Å². The number of aryl methyl sites for hydroxylation is 1. The predicted molar refractivity (Wildman–Crippen MR) is 58.2 cm³/mol. The number of aromatic amines is 1. The van der Waals surface area contributed by atoms with Gasteiger partial charge in [0.15, 0.2) is 0 Å². The standard InChI is InChI=1S/C10H13N3S/c1-8-10(13-7-12-8)6-11-5-9-3-2-4-14-9/h2-4,7,11H,5-6H2,1H3,(H,12,13). The van der Waals surface area contributed by atoms with E-state index in [1.165, 1.54) is 4.88 Å². The van der Waals surface area contributed by atoms with Gasteiger partial charge in [0.25, 0.3) is 0 Å². The van der Waals surface area contributed by atoms with E-state index < -0.39 is 0 Å². The van der Waals surface area contributed by atoms with Crippen LogP contribution in [0.4, 0.5) is 0 Å². The molecule has 0 radical (unpaired) electrons. The van der Waals surface area contributed by atoms with E-state index >= 15 is 0 Å². The predicted octanol–water partition coefficient (Wildman–Crippen LogP) is 2.07. The Hall–Kier alpha value is -1.13. The summed E-state index contributed by atoms with van der Waals surface area (Å²) in [5.41, 5.74) is 2.24. The molecule has 0 fully saturated rings. The fraction of sp³-hybridized carbons (Fsp3) is 0.300. The molecule has 4 heteroatoms. The van der Waals surface area contributed by atoms with Crippen molar-refractivity contribution in [1.29, 1.82) is 0 Å².